The van der Waals surface area contributed by atoms with Gasteiger partial charge in [0.05, 0.1) is 9.99 Å². The fourth-order valence-electron chi connectivity index (χ4n) is 6.98. The molecule has 6 N–H and O–H groups in total. The van der Waals surface area contributed by atoms with Crippen LogP contribution in [0.2, 0.25) is 0 Å². The van der Waals surface area contributed by atoms with Crippen molar-refractivity contribution in [1.82, 2.24) is 25.6 Å². The Morgan fingerprint density at radius 2 is 0.941 bits per heavy atom. The summed E-state index contributed by atoms with van der Waals surface area (Å²) in [6.45, 7) is 35.1. The van der Waals surface area contributed by atoms with Crippen molar-refractivity contribution in [2.75, 3.05) is 9.80 Å². The summed E-state index contributed by atoms with van der Waals surface area (Å²) in [4.78, 5) is 106. The van der Waals surface area contributed by atoms with Crippen LogP contribution in [0.15, 0.2) is 10.7 Å². The Morgan fingerprint density at radius 3 is 1.26 bits per heavy atom. The number of imide groups is 4. The van der Waals surface area contributed by atoms with E-state index in [4.69, 9.17) is 24.4 Å². The van der Waals surface area contributed by atoms with Crippen molar-refractivity contribution in [3.63, 3.8) is 0 Å². The van der Waals surface area contributed by atoms with Gasteiger partial charge in [0.25, 0.3) is 0 Å². The van der Waals surface area contributed by atoms with Crippen LogP contribution >= 0.6 is 15.9 Å². The van der Waals surface area contributed by atoms with Gasteiger partial charge in [0, 0.05) is 12.1 Å². The molecule has 0 saturated carbocycles. The van der Waals surface area contributed by atoms with Crippen molar-refractivity contribution < 1.29 is 82.5 Å². The lowest BCUT2D eigenvalue weighted by Crippen LogP contribution is -2.52. The summed E-state index contributed by atoms with van der Waals surface area (Å²) in [5.41, 5.74) is -5.33. The number of hydrogen-bond acceptors (Lipinski definition) is 16. The van der Waals surface area contributed by atoms with E-state index in [1.165, 1.54) is 6.20 Å². The van der Waals surface area contributed by atoms with E-state index in [2.05, 4.69) is 40.4 Å². The molecule has 24 nitrogen and oxygen atoms in total. The van der Waals surface area contributed by atoms with Crippen molar-refractivity contribution in [3.8, 4) is 5.88 Å². The molecule has 0 fully saturated rings. The van der Waals surface area contributed by atoms with E-state index in [0.717, 1.165) is 0 Å². The van der Waals surface area contributed by atoms with Crippen molar-refractivity contribution in [2.24, 2.45) is 16.7 Å². The van der Waals surface area contributed by atoms with Gasteiger partial charge in [-0.25, -0.2) is 59.0 Å². The lowest BCUT2D eigenvalue weighted by molar-refractivity contribution is -0.0892. The number of pyridine rings is 1. The predicted molar refractivity (Wildman–Crippen MR) is 250 cm³/mol. The standard InChI is InChI=1S/C31H46BrN5O9.2C6H11NO4/c1-27(2,3)21(28(4,5)6)31(13,14)46-25(42)36(23(38)39)19-17-18(16(32)15-33-19)34-22(35-20(17)44-29(7,8)9)37(24(40)41)26(43)45-30(10,11)12;2*1-6(2,3)11-5(10)7-4(8)9/h15,21H,1-14H3,(H,38,39)(H,40,41);2*1-3H3,(H,7,10)(H,8,9). The van der Waals surface area contributed by atoms with Crippen molar-refractivity contribution in [3.05, 3.63) is 10.7 Å². The zero-order valence-corrected chi connectivity index (χ0v) is 44.0. The summed E-state index contributed by atoms with van der Waals surface area (Å²) in [6, 6.07) is 0. The first-order chi connectivity index (χ1) is 30.1. The van der Waals surface area contributed by atoms with Gasteiger partial charge in [0.15, 0.2) is 5.82 Å². The monoisotopic (exact) mass is 1030 g/mol. The van der Waals surface area contributed by atoms with Gasteiger partial charge < -0.3 is 44.1 Å². The van der Waals surface area contributed by atoms with Crippen LogP contribution in [0.5, 0.6) is 5.88 Å². The minimum Gasteiger partial charge on any atom is -0.471 e. The molecule has 0 spiro atoms. The molecular weight excluding hydrogens is 966 g/mol. The van der Waals surface area contributed by atoms with Crippen molar-refractivity contribution in [2.45, 2.75) is 166 Å². The minimum atomic E-state index is -1.74. The molecule has 2 aromatic rings. The lowest BCUT2D eigenvalue weighted by atomic mass is 9.60. The van der Waals surface area contributed by atoms with Gasteiger partial charge in [-0.1, -0.05) is 41.5 Å². The number of anilines is 2. The molecule has 0 aliphatic heterocycles. The van der Waals surface area contributed by atoms with Crippen LogP contribution in [0.3, 0.4) is 0 Å². The Labute approximate surface area is 403 Å². The number of fused-ring (bicyclic) bond motifs is 1. The van der Waals surface area contributed by atoms with Crippen LogP contribution in [0.1, 0.15) is 138 Å². The third-order valence-electron chi connectivity index (χ3n) is 7.56. The van der Waals surface area contributed by atoms with Gasteiger partial charge >= 0.3 is 48.7 Å². The molecule has 0 aliphatic rings. The van der Waals surface area contributed by atoms with Crippen molar-refractivity contribution in [1.29, 1.82) is 0 Å². The van der Waals surface area contributed by atoms with Crippen LogP contribution in [-0.4, -0.2) is 112 Å². The first-order valence-electron chi connectivity index (χ1n) is 20.6. The molecule has 0 atom stereocenters. The minimum absolute atomic E-state index is 0.107. The molecule has 2 heterocycles. The summed E-state index contributed by atoms with van der Waals surface area (Å²) in [5.74, 6) is -1.69. The summed E-state index contributed by atoms with van der Waals surface area (Å²) in [5, 5.41) is 39.4. The van der Waals surface area contributed by atoms with Crippen LogP contribution in [0.4, 0.5) is 50.1 Å². The van der Waals surface area contributed by atoms with Gasteiger partial charge in [-0.3, -0.25) is 0 Å². The van der Waals surface area contributed by atoms with Crippen LogP contribution < -0.4 is 25.2 Å². The Bertz CT molecular complexity index is 2140. The van der Waals surface area contributed by atoms with Crippen molar-refractivity contribution >= 4 is 87.3 Å². The van der Waals surface area contributed by atoms with E-state index in [1.807, 2.05) is 41.5 Å². The van der Waals surface area contributed by atoms with Crippen LogP contribution in [-0.2, 0) is 18.9 Å². The number of amides is 8. The number of ether oxygens (including phenoxy) is 5. The Balaban J connectivity index is 0.00000167. The maximum absolute atomic E-state index is 13.8. The average Bonchev–Trinajstić information content (AvgIpc) is 3.00. The van der Waals surface area contributed by atoms with E-state index in [-0.39, 0.29) is 42.9 Å². The number of nitrogens with one attached hydrogen (secondary N) is 2. The number of nitrogens with zero attached hydrogens (tertiary/aromatic N) is 5. The van der Waals surface area contributed by atoms with Crippen LogP contribution in [0, 0.1) is 16.7 Å². The number of alkyl carbamates (subject to hydrolysis) is 2. The number of aromatic nitrogens is 3. The second-order valence-electron chi connectivity index (χ2n) is 21.4. The molecule has 0 saturated heterocycles. The molecule has 0 radical (unpaired) electrons. The first-order valence-corrected chi connectivity index (χ1v) is 21.4. The van der Waals surface area contributed by atoms with Gasteiger partial charge in [-0.2, -0.15) is 9.88 Å². The van der Waals surface area contributed by atoms with E-state index in [1.54, 1.807) is 108 Å². The van der Waals surface area contributed by atoms with E-state index in [0.29, 0.717) is 4.90 Å². The molecule has 0 aromatic carbocycles. The molecule has 0 aliphatic carbocycles. The highest BCUT2D eigenvalue weighted by Crippen LogP contribution is 2.48. The fourth-order valence-corrected chi connectivity index (χ4v) is 7.37. The number of hydrogen-bond donors (Lipinski definition) is 6. The number of halogens is 1. The lowest BCUT2D eigenvalue weighted by Gasteiger charge is -2.49. The Hall–Kier alpha value is -6.27. The Kier molecular flexibility index (Phi) is 20.6. The third kappa shape index (κ3) is 21.6. The molecule has 25 heteroatoms. The number of carbonyl (C=O) groups excluding carboxylic acids is 4. The number of rotatable bonds is 5. The molecule has 2 aromatic heterocycles. The molecule has 68 heavy (non-hydrogen) atoms. The molecule has 384 valence electrons. The van der Waals surface area contributed by atoms with Gasteiger partial charge in [-0.05, 0) is 124 Å². The van der Waals surface area contributed by atoms with E-state index < -0.39 is 88.5 Å². The molecule has 8 amide bonds. The first kappa shape index (κ1) is 61.7. The largest absolute Gasteiger partial charge is 0.471 e. The second kappa shape index (κ2) is 22.7. The zero-order valence-electron chi connectivity index (χ0n) is 42.4. The number of carboxylic acid groups (broad SMARTS) is 4. The second-order valence-corrected chi connectivity index (χ2v) is 22.3. The summed E-state index contributed by atoms with van der Waals surface area (Å²) >= 11 is 3.31. The molecular formula is C43H68BrN7O17. The maximum atomic E-state index is 13.8. The topological polar surface area (TPSA) is 333 Å². The smallest absolute Gasteiger partial charge is 0.427 e. The summed E-state index contributed by atoms with van der Waals surface area (Å²) in [6.07, 6.45) is -9.54. The highest BCUT2D eigenvalue weighted by molar-refractivity contribution is 9.10. The quantitative estimate of drug-likeness (QED) is 0.152. The summed E-state index contributed by atoms with van der Waals surface area (Å²) in [7, 11) is 0. The van der Waals surface area contributed by atoms with Gasteiger partial charge in [0.1, 0.15) is 33.4 Å². The Morgan fingerprint density at radius 1 is 0.559 bits per heavy atom. The third-order valence-corrected chi connectivity index (χ3v) is 8.14. The van der Waals surface area contributed by atoms with Crippen LogP contribution in [0.25, 0.3) is 10.9 Å². The highest BCUT2D eigenvalue weighted by atomic mass is 79.9. The zero-order chi connectivity index (χ0) is 54.1. The summed E-state index contributed by atoms with van der Waals surface area (Å²) < 4.78 is 26.6. The fraction of sp³-hybridized carbons (Fsp3) is 0.651. The number of carbonyl (C=O) groups is 8. The maximum Gasteiger partial charge on any atom is 0.427 e. The average molecular weight is 1030 g/mol. The molecule has 0 unspecified atom stereocenters. The normalized spacial score (nSPS) is 12.1. The molecule has 2 rings (SSSR count). The predicted octanol–water partition coefficient (Wildman–Crippen LogP) is 10.9. The molecule has 0 bridgehead atoms. The van der Waals surface area contributed by atoms with E-state index in [9.17, 15) is 48.6 Å². The van der Waals surface area contributed by atoms with Gasteiger partial charge in [0.2, 0.25) is 11.8 Å². The van der Waals surface area contributed by atoms with E-state index >= 15 is 0 Å². The SMILES string of the molecule is CC(C)(C)OC(=O)N(C(=O)O)c1nc(OC(C)(C)C)c2c(N(C(=O)O)C(=O)OC(C)(C)C(C(C)(C)C)C(C)(C)C)ncc(Br)c2n1.CC(C)(C)OC(=O)NC(=O)O.CC(C)(C)OC(=O)NC(=O)O. The van der Waals surface area contributed by atoms with Gasteiger partial charge in [-0.15, -0.1) is 4.90 Å². The highest BCUT2D eigenvalue weighted by Gasteiger charge is 2.49.